The molecule has 3 aromatic carbocycles. The molecule has 0 N–H and O–H groups in total. The molecule has 0 bridgehead atoms. The van der Waals surface area contributed by atoms with Crippen LogP contribution in [0, 0.1) is 5.92 Å². The van der Waals surface area contributed by atoms with E-state index in [0.717, 1.165) is 34.5 Å². The first-order valence-corrected chi connectivity index (χ1v) is 17.2. The summed E-state index contributed by atoms with van der Waals surface area (Å²) in [7, 11) is 1.60. The Kier molecular flexibility index (Phi) is 9.96. The Balaban J connectivity index is 1.47. The molecule has 252 valence electrons. The molecule has 5 aromatic rings. The molecule has 0 fully saturated rings. The number of esters is 1. The lowest BCUT2D eigenvalue weighted by atomic mass is 9.96. The van der Waals surface area contributed by atoms with Crippen LogP contribution >= 0.6 is 11.3 Å². The number of fused-ring (bicyclic) bond motifs is 1. The highest BCUT2D eigenvalue weighted by Gasteiger charge is 2.34. The number of hydrogen-bond donors (Lipinski definition) is 0. The molecule has 0 saturated carbocycles. The number of aromatic nitrogens is 3. The van der Waals surface area contributed by atoms with Gasteiger partial charge in [-0.1, -0.05) is 55.5 Å². The predicted molar refractivity (Wildman–Crippen MR) is 192 cm³/mol. The van der Waals surface area contributed by atoms with Crippen molar-refractivity contribution in [2.24, 2.45) is 10.9 Å². The average Bonchev–Trinajstić information content (AvgIpc) is 3.64. The van der Waals surface area contributed by atoms with E-state index in [1.165, 1.54) is 11.3 Å². The maximum absolute atomic E-state index is 14.4. The summed E-state index contributed by atoms with van der Waals surface area (Å²) in [6, 6.07) is 24.3. The van der Waals surface area contributed by atoms with Gasteiger partial charge in [-0.25, -0.2) is 14.5 Å². The molecule has 10 heteroatoms. The minimum atomic E-state index is -0.731. The van der Waals surface area contributed by atoms with Crippen LogP contribution in [0.4, 0.5) is 0 Å². The van der Waals surface area contributed by atoms with Crippen molar-refractivity contribution in [2.45, 2.75) is 53.2 Å². The molecule has 49 heavy (non-hydrogen) atoms. The van der Waals surface area contributed by atoms with Crippen molar-refractivity contribution in [3.8, 4) is 28.4 Å². The van der Waals surface area contributed by atoms with Gasteiger partial charge in [-0.3, -0.25) is 9.36 Å². The summed E-state index contributed by atoms with van der Waals surface area (Å²) in [5, 5.41) is 4.96. The highest BCUT2D eigenvalue weighted by molar-refractivity contribution is 7.07. The van der Waals surface area contributed by atoms with Gasteiger partial charge in [-0.05, 0) is 93.3 Å². The third kappa shape index (κ3) is 7.29. The van der Waals surface area contributed by atoms with Crippen molar-refractivity contribution in [1.82, 2.24) is 14.3 Å². The molecule has 2 aromatic heterocycles. The summed E-state index contributed by atoms with van der Waals surface area (Å²) in [6.45, 7) is 10.4. The molecular formula is C39H40N4O5S. The van der Waals surface area contributed by atoms with Crippen molar-refractivity contribution < 1.29 is 19.0 Å². The number of allylic oxidation sites excluding steroid dienone is 1. The van der Waals surface area contributed by atoms with Gasteiger partial charge in [-0.2, -0.15) is 5.10 Å². The summed E-state index contributed by atoms with van der Waals surface area (Å²) in [6.07, 6.45) is 4.42. The van der Waals surface area contributed by atoms with Crippen LogP contribution in [0.3, 0.4) is 0 Å². The van der Waals surface area contributed by atoms with Crippen LogP contribution in [0.5, 0.6) is 11.5 Å². The minimum Gasteiger partial charge on any atom is -0.497 e. The maximum Gasteiger partial charge on any atom is 0.338 e. The summed E-state index contributed by atoms with van der Waals surface area (Å²) in [5.74, 6) is 1.52. The Morgan fingerprint density at radius 1 is 0.959 bits per heavy atom. The van der Waals surface area contributed by atoms with Crippen LogP contribution in [0.2, 0.25) is 0 Å². The molecule has 0 saturated heterocycles. The van der Waals surface area contributed by atoms with Gasteiger partial charge in [0.1, 0.15) is 17.2 Å². The van der Waals surface area contributed by atoms with E-state index in [9.17, 15) is 9.59 Å². The number of ether oxygens (including phenoxy) is 3. The molecule has 0 aliphatic carbocycles. The zero-order valence-corrected chi connectivity index (χ0v) is 29.4. The normalized spacial score (nSPS) is 14.6. The quantitative estimate of drug-likeness (QED) is 0.149. The van der Waals surface area contributed by atoms with E-state index in [-0.39, 0.29) is 11.7 Å². The van der Waals surface area contributed by atoms with Gasteiger partial charge < -0.3 is 14.2 Å². The first-order valence-electron chi connectivity index (χ1n) is 16.4. The fourth-order valence-electron chi connectivity index (χ4n) is 5.65. The minimum absolute atomic E-state index is 0.265. The Hall–Kier alpha value is -5.22. The number of methoxy groups -OCH3 is 1. The highest BCUT2D eigenvalue weighted by Crippen LogP contribution is 2.32. The second-order valence-corrected chi connectivity index (χ2v) is 13.6. The number of carbonyl (C=O) groups is 1. The van der Waals surface area contributed by atoms with Gasteiger partial charge in [0.25, 0.3) is 5.56 Å². The molecule has 0 spiro atoms. The first kappa shape index (κ1) is 33.7. The smallest absolute Gasteiger partial charge is 0.338 e. The molecule has 1 aliphatic rings. The highest BCUT2D eigenvalue weighted by atomic mass is 32.1. The number of para-hydroxylation sites is 1. The molecule has 3 heterocycles. The summed E-state index contributed by atoms with van der Waals surface area (Å²) < 4.78 is 20.8. The number of thiazole rings is 1. The molecule has 0 unspecified atom stereocenters. The van der Waals surface area contributed by atoms with E-state index >= 15 is 0 Å². The zero-order chi connectivity index (χ0) is 34.7. The number of carbonyl (C=O) groups excluding carboxylic acids is 1. The van der Waals surface area contributed by atoms with Crippen molar-refractivity contribution in [1.29, 1.82) is 0 Å². The number of hydrogen-bond acceptors (Lipinski definition) is 8. The number of nitrogens with zero attached hydrogens (tertiary/aromatic N) is 4. The molecule has 0 amide bonds. The zero-order valence-electron chi connectivity index (χ0n) is 28.5. The van der Waals surface area contributed by atoms with E-state index in [4.69, 9.17) is 24.3 Å². The molecule has 0 radical (unpaired) electrons. The lowest BCUT2D eigenvalue weighted by Crippen LogP contribution is -2.40. The molecule has 1 atom stereocenters. The maximum atomic E-state index is 14.4. The SMILES string of the molecule is COc1ccc([C@H]2C(C(=O)OC(C)C)=C(C)N=c3s/c(=C\c4cn(-c5ccccc5)nc4-c4ccc(OCCC(C)C)cc4)c(=O)n32)cc1. The standard InChI is InChI=1S/C39H40N4O5S/c1-24(2)20-21-47-32-18-12-27(13-19-32)35-29(23-42(41-35)30-10-8-7-9-11-30)22-33-37(44)43-36(28-14-16-31(46-6)17-15-28)34(38(45)48-25(3)4)26(5)40-39(43)49-33/h7-19,22-25,36H,20-21H2,1-6H3/b33-22-/t36-/m0/s1. The molecule has 1 aliphatic heterocycles. The largest absolute Gasteiger partial charge is 0.497 e. The second kappa shape index (κ2) is 14.5. The topological polar surface area (TPSA) is 96.9 Å². The Labute approximate surface area is 289 Å². The van der Waals surface area contributed by atoms with Crippen LogP contribution in [0.1, 0.15) is 58.2 Å². The lowest BCUT2D eigenvalue weighted by Gasteiger charge is -2.25. The third-order valence-electron chi connectivity index (χ3n) is 8.16. The molecule has 9 nitrogen and oxygen atoms in total. The van der Waals surface area contributed by atoms with Gasteiger partial charge in [-0.15, -0.1) is 0 Å². The molecule has 6 rings (SSSR count). The van der Waals surface area contributed by atoms with Crippen LogP contribution in [0.15, 0.2) is 106 Å². The van der Waals surface area contributed by atoms with Crippen molar-refractivity contribution in [3.05, 3.63) is 127 Å². The van der Waals surface area contributed by atoms with E-state index in [2.05, 4.69) is 13.8 Å². The van der Waals surface area contributed by atoms with Gasteiger partial charge in [0.05, 0.1) is 47.4 Å². The van der Waals surface area contributed by atoms with Crippen LogP contribution in [-0.4, -0.2) is 40.1 Å². The van der Waals surface area contributed by atoms with E-state index in [0.29, 0.717) is 44.6 Å². The van der Waals surface area contributed by atoms with Gasteiger partial charge >= 0.3 is 5.97 Å². The Morgan fingerprint density at radius 2 is 1.65 bits per heavy atom. The number of benzene rings is 3. The fraction of sp³-hybridized carbons (Fsp3) is 0.282. The summed E-state index contributed by atoms with van der Waals surface area (Å²) in [5.41, 5.74) is 4.56. The Morgan fingerprint density at radius 3 is 2.31 bits per heavy atom. The second-order valence-electron chi connectivity index (χ2n) is 12.6. The number of rotatable bonds is 11. The van der Waals surface area contributed by atoms with Gasteiger partial charge in [0, 0.05) is 17.3 Å². The first-order chi connectivity index (χ1) is 23.6. The predicted octanol–water partition coefficient (Wildman–Crippen LogP) is 6.47. The van der Waals surface area contributed by atoms with Crippen molar-refractivity contribution >= 4 is 23.4 Å². The van der Waals surface area contributed by atoms with Crippen molar-refractivity contribution in [3.63, 3.8) is 0 Å². The van der Waals surface area contributed by atoms with E-state index < -0.39 is 12.0 Å². The van der Waals surface area contributed by atoms with Crippen LogP contribution in [0.25, 0.3) is 23.0 Å². The fourth-order valence-corrected chi connectivity index (χ4v) is 6.69. The lowest BCUT2D eigenvalue weighted by molar-refractivity contribution is -0.143. The van der Waals surface area contributed by atoms with Gasteiger partial charge in [0.2, 0.25) is 0 Å². The van der Waals surface area contributed by atoms with E-state index in [1.807, 2.05) is 95.8 Å². The van der Waals surface area contributed by atoms with Crippen LogP contribution in [-0.2, 0) is 9.53 Å². The average molecular weight is 677 g/mol. The third-order valence-corrected chi connectivity index (χ3v) is 9.14. The Bertz CT molecular complexity index is 2160. The van der Waals surface area contributed by atoms with Crippen LogP contribution < -0.4 is 24.4 Å². The van der Waals surface area contributed by atoms with Gasteiger partial charge in [0.15, 0.2) is 4.80 Å². The van der Waals surface area contributed by atoms with E-state index in [1.54, 1.807) is 32.4 Å². The summed E-state index contributed by atoms with van der Waals surface area (Å²) >= 11 is 1.28. The summed E-state index contributed by atoms with van der Waals surface area (Å²) in [4.78, 5) is 33.1. The monoisotopic (exact) mass is 676 g/mol. The van der Waals surface area contributed by atoms with Crippen molar-refractivity contribution in [2.75, 3.05) is 13.7 Å². The molecular weight excluding hydrogens is 637 g/mol.